The maximum absolute atomic E-state index is 9.75. The average Bonchev–Trinajstić information content (AvgIpc) is 2.60. The molecule has 2 aromatic carbocycles. The van der Waals surface area contributed by atoms with Gasteiger partial charge in [-0.15, -0.1) is 0 Å². The van der Waals surface area contributed by atoms with Gasteiger partial charge in [0.1, 0.15) is 6.54 Å². The first-order valence-electron chi connectivity index (χ1n) is 9.00. The molecule has 0 radical (unpaired) electrons. The summed E-state index contributed by atoms with van der Waals surface area (Å²) in [7, 11) is -6.00. The molecule has 1 aromatic heterocycles. The van der Waals surface area contributed by atoms with E-state index in [1.54, 1.807) is 0 Å². The number of pyridine rings is 1. The van der Waals surface area contributed by atoms with Crippen LogP contribution in [-0.2, 0) is 6.54 Å². The van der Waals surface area contributed by atoms with Gasteiger partial charge in [0.15, 0.2) is 0 Å². The average molecular weight is 365 g/mol. The van der Waals surface area contributed by atoms with Crippen molar-refractivity contribution in [3.8, 4) is 0 Å². The monoisotopic (exact) mass is 365 g/mol. The third kappa shape index (κ3) is 5.45. The van der Waals surface area contributed by atoms with Gasteiger partial charge in [0.2, 0.25) is 11.0 Å². The van der Waals surface area contributed by atoms with Crippen molar-refractivity contribution in [2.45, 2.75) is 46.1 Å². The van der Waals surface area contributed by atoms with Crippen LogP contribution in [0, 0.1) is 6.92 Å². The first-order valence-corrected chi connectivity index (χ1v) is 9.00. The van der Waals surface area contributed by atoms with Crippen LogP contribution in [0.5, 0.6) is 0 Å². The lowest BCUT2D eigenvalue weighted by atomic mass is 10.0. The summed E-state index contributed by atoms with van der Waals surface area (Å²) in [6, 6.07) is 17.6. The van der Waals surface area contributed by atoms with Gasteiger partial charge in [-0.3, -0.25) is 0 Å². The highest BCUT2D eigenvalue weighted by molar-refractivity contribution is 6.50. The molecule has 6 heteroatoms. The SMILES string of the molecule is CCCCCC[n+]1c2ccccc2c(C)c2ccccc21.F[B-](F)(F)F. The zero-order valence-electron chi connectivity index (χ0n) is 15.2. The van der Waals surface area contributed by atoms with E-state index < -0.39 is 7.25 Å². The summed E-state index contributed by atoms with van der Waals surface area (Å²) in [6.07, 6.45) is 5.21. The van der Waals surface area contributed by atoms with E-state index in [0.717, 1.165) is 6.54 Å². The molecule has 0 aliphatic rings. The number of para-hydroxylation sites is 2. The summed E-state index contributed by atoms with van der Waals surface area (Å²) >= 11 is 0. The largest absolute Gasteiger partial charge is 0.673 e. The first kappa shape index (κ1) is 20.2. The number of hydrogen-bond donors (Lipinski definition) is 0. The standard InChI is InChI=1S/C20H24N.BF4/c1-3-4-5-10-15-21-19-13-8-6-11-17(19)16(2)18-12-7-9-14-20(18)21;2-1(3,4)5/h6-9,11-14H,3-5,10,15H2,1-2H3;/q+1;-1. The predicted molar refractivity (Wildman–Crippen MR) is 101 cm³/mol. The summed E-state index contributed by atoms with van der Waals surface area (Å²) < 4.78 is 41.5. The summed E-state index contributed by atoms with van der Waals surface area (Å²) in [5.74, 6) is 0. The van der Waals surface area contributed by atoms with Gasteiger partial charge >= 0.3 is 7.25 Å². The van der Waals surface area contributed by atoms with Gasteiger partial charge in [-0.05, 0) is 31.0 Å². The molecule has 0 saturated heterocycles. The van der Waals surface area contributed by atoms with Crippen molar-refractivity contribution in [2.75, 3.05) is 0 Å². The third-order valence-corrected chi connectivity index (χ3v) is 4.43. The van der Waals surface area contributed by atoms with Gasteiger partial charge in [-0.1, -0.05) is 44.0 Å². The second-order valence-electron chi connectivity index (χ2n) is 6.37. The number of hydrogen-bond acceptors (Lipinski definition) is 0. The molecule has 3 rings (SSSR count). The van der Waals surface area contributed by atoms with Crippen molar-refractivity contribution in [1.29, 1.82) is 0 Å². The lowest BCUT2D eigenvalue weighted by Gasteiger charge is -2.09. The molecule has 0 fully saturated rings. The molecular formula is C20H24BF4N. The topological polar surface area (TPSA) is 3.88 Å². The molecule has 0 aliphatic carbocycles. The highest BCUT2D eigenvalue weighted by Gasteiger charge is 2.20. The zero-order chi connectivity index (χ0) is 19.2. The third-order valence-electron chi connectivity index (χ3n) is 4.43. The smallest absolute Gasteiger partial charge is 0.418 e. The highest BCUT2D eigenvalue weighted by atomic mass is 19.5. The van der Waals surface area contributed by atoms with Gasteiger partial charge in [0.05, 0.1) is 0 Å². The molecule has 26 heavy (non-hydrogen) atoms. The maximum Gasteiger partial charge on any atom is 0.673 e. The van der Waals surface area contributed by atoms with Gasteiger partial charge in [-0.25, -0.2) is 0 Å². The van der Waals surface area contributed by atoms with Gasteiger partial charge in [0, 0.05) is 29.3 Å². The Bertz CT molecular complexity index is 798. The molecule has 1 nitrogen and oxygen atoms in total. The molecular weight excluding hydrogens is 341 g/mol. The Hall–Kier alpha value is -2.11. The lowest BCUT2D eigenvalue weighted by Crippen LogP contribution is -2.36. The molecule has 3 aromatic rings. The summed E-state index contributed by atoms with van der Waals surface area (Å²) in [5.41, 5.74) is 4.13. The molecule has 1 heterocycles. The quantitative estimate of drug-likeness (QED) is 0.160. The minimum absolute atomic E-state index is 1.11. The van der Waals surface area contributed by atoms with Gasteiger partial charge in [0.25, 0.3) is 0 Å². The van der Waals surface area contributed by atoms with Crippen LogP contribution < -0.4 is 4.57 Å². The van der Waals surface area contributed by atoms with Crippen LogP contribution in [0.4, 0.5) is 17.3 Å². The van der Waals surface area contributed by atoms with Gasteiger partial charge in [-0.2, -0.15) is 4.57 Å². The minimum Gasteiger partial charge on any atom is -0.418 e. The molecule has 0 N–H and O–H groups in total. The number of nitrogens with zero attached hydrogens (tertiary/aromatic N) is 1. The molecule has 0 unspecified atom stereocenters. The molecule has 0 bridgehead atoms. The van der Waals surface area contributed by atoms with E-state index in [9.17, 15) is 17.3 Å². The van der Waals surface area contributed by atoms with E-state index in [1.165, 1.54) is 53.1 Å². The lowest BCUT2D eigenvalue weighted by molar-refractivity contribution is -0.645. The summed E-state index contributed by atoms with van der Waals surface area (Å²) in [6.45, 7) is 5.62. The molecule has 0 amide bonds. The van der Waals surface area contributed by atoms with Crippen LogP contribution in [0.1, 0.15) is 38.2 Å². The van der Waals surface area contributed by atoms with Crippen LogP contribution in [0.25, 0.3) is 21.8 Å². The fraction of sp³-hybridized carbons (Fsp3) is 0.350. The second-order valence-corrected chi connectivity index (χ2v) is 6.37. The van der Waals surface area contributed by atoms with Crippen molar-refractivity contribution in [1.82, 2.24) is 0 Å². The summed E-state index contributed by atoms with van der Waals surface area (Å²) in [5, 5.41) is 2.76. The number of aryl methyl sites for hydroxylation is 2. The Morgan fingerprint density at radius 3 is 1.69 bits per heavy atom. The van der Waals surface area contributed by atoms with Crippen LogP contribution in [0.3, 0.4) is 0 Å². The van der Waals surface area contributed by atoms with Gasteiger partial charge < -0.3 is 17.3 Å². The molecule has 0 saturated carbocycles. The van der Waals surface area contributed by atoms with E-state index in [4.69, 9.17) is 0 Å². The maximum atomic E-state index is 9.75. The molecule has 0 aliphatic heterocycles. The Morgan fingerprint density at radius 1 is 0.769 bits per heavy atom. The Labute approximate surface area is 151 Å². The van der Waals surface area contributed by atoms with E-state index in [-0.39, 0.29) is 0 Å². The fourth-order valence-electron chi connectivity index (χ4n) is 3.26. The van der Waals surface area contributed by atoms with E-state index in [1.807, 2.05) is 0 Å². The zero-order valence-corrected chi connectivity index (χ0v) is 15.2. The Morgan fingerprint density at radius 2 is 1.23 bits per heavy atom. The van der Waals surface area contributed by atoms with Crippen molar-refractivity contribution < 1.29 is 21.8 Å². The highest BCUT2D eigenvalue weighted by Crippen LogP contribution is 2.23. The number of aromatic nitrogens is 1. The fourth-order valence-corrected chi connectivity index (χ4v) is 3.26. The van der Waals surface area contributed by atoms with Crippen LogP contribution in [0.15, 0.2) is 48.5 Å². The Balaban J connectivity index is 0.000000431. The number of benzene rings is 2. The second kappa shape index (κ2) is 9.01. The molecule has 0 spiro atoms. The normalized spacial score (nSPS) is 11.5. The first-order chi connectivity index (χ1) is 12.3. The van der Waals surface area contributed by atoms with E-state index >= 15 is 0 Å². The van der Waals surface area contributed by atoms with Crippen molar-refractivity contribution >= 4 is 29.1 Å². The van der Waals surface area contributed by atoms with Crippen LogP contribution in [0.2, 0.25) is 0 Å². The van der Waals surface area contributed by atoms with Crippen molar-refractivity contribution in [3.63, 3.8) is 0 Å². The molecule has 140 valence electrons. The van der Waals surface area contributed by atoms with E-state index in [2.05, 4.69) is 66.9 Å². The molecule has 0 atom stereocenters. The number of halogens is 4. The van der Waals surface area contributed by atoms with Crippen LogP contribution in [-0.4, -0.2) is 7.25 Å². The minimum atomic E-state index is -6.00. The number of rotatable bonds is 5. The van der Waals surface area contributed by atoms with Crippen LogP contribution >= 0.6 is 0 Å². The summed E-state index contributed by atoms with van der Waals surface area (Å²) in [4.78, 5) is 0. The van der Waals surface area contributed by atoms with E-state index in [0.29, 0.717) is 0 Å². The van der Waals surface area contributed by atoms with Crippen molar-refractivity contribution in [2.24, 2.45) is 0 Å². The Kier molecular flexibility index (Phi) is 7.01. The van der Waals surface area contributed by atoms with Crippen molar-refractivity contribution in [3.05, 3.63) is 54.1 Å². The predicted octanol–water partition coefficient (Wildman–Crippen LogP) is 6.47. The number of unbranched alkanes of at least 4 members (excludes halogenated alkanes) is 3. The number of fused-ring (bicyclic) bond motifs is 2.